The first-order valence-corrected chi connectivity index (χ1v) is 6.83. The molecular formula is C16H13F3N2O2. The number of alkyl halides is 3. The van der Waals surface area contributed by atoms with Crippen LogP contribution in [0.1, 0.15) is 28.7 Å². The highest BCUT2D eigenvalue weighted by atomic mass is 19.4. The molecule has 0 saturated carbocycles. The van der Waals surface area contributed by atoms with E-state index in [9.17, 15) is 23.4 Å². The van der Waals surface area contributed by atoms with Crippen LogP contribution in [0.25, 0.3) is 5.52 Å². The minimum atomic E-state index is -4.36. The predicted octanol–water partition coefficient (Wildman–Crippen LogP) is 2.93. The molecule has 0 bridgehead atoms. The van der Waals surface area contributed by atoms with Crippen LogP contribution in [0.4, 0.5) is 13.2 Å². The van der Waals surface area contributed by atoms with Crippen LogP contribution in [0.2, 0.25) is 0 Å². The van der Waals surface area contributed by atoms with Crippen LogP contribution in [0.5, 0.6) is 0 Å². The van der Waals surface area contributed by atoms with Crippen LogP contribution in [-0.4, -0.2) is 19.6 Å². The number of aliphatic hydroxyl groups excluding tert-OH is 1. The first-order chi connectivity index (χ1) is 10.9. The van der Waals surface area contributed by atoms with E-state index in [1.54, 1.807) is 22.7 Å². The standard InChI is InChI=1S/C16H13F3N2O2/c17-16(18,19)12-5-3-10(4-6-12)8-11-2-1-7-21-9-20-13(14(11)21)15(22)23/h1-7,9,15,22-23H,8H2. The van der Waals surface area contributed by atoms with Crippen LogP contribution < -0.4 is 0 Å². The fraction of sp³-hybridized carbons (Fsp3) is 0.188. The van der Waals surface area contributed by atoms with Crippen LogP contribution in [0, 0.1) is 0 Å². The third-order valence-electron chi connectivity index (χ3n) is 3.59. The molecule has 0 spiro atoms. The van der Waals surface area contributed by atoms with E-state index in [4.69, 9.17) is 0 Å². The van der Waals surface area contributed by atoms with E-state index in [1.165, 1.54) is 18.5 Å². The molecule has 0 amide bonds. The van der Waals surface area contributed by atoms with Crippen molar-refractivity contribution in [1.29, 1.82) is 0 Å². The molecule has 120 valence electrons. The lowest BCUT2D eigenvalue weighted by Crippen LogP contribution is -2.05. The fourth-order valence-corrected chi connectivity index (χ4v) is 2.51. The Kier molecular flexibility index (Phi) is 3.83. The Bertz CT molecular complexity index is 823. The van der Waals surface area contributed by atoms with Gasteiger partial charge in [-0.3, -0.25) is 0 Å². The van der Waals surface area contributed by atoms with Gasteiger partial charge in [-0.25, -0.2) is 4.98 Å². The molecule has 0 atom stereocenters. The summed E-state index contributed by atoms with van der Waals surface area (Å²) in [5.74, 6) is 0. The SMILES string of the molecule is OC(O)c1ncn2cccc(Cc3ccc(C(F)(F)F)cc3)c12. The molecule has 0 aliphatic heterocycles. The van der Waals surface area contributed by atoms with Gasteiger partial charge < -0.3 is 14.6 Å². The zero-order valence-electron chi connectivity index (χ0n) is 11.8. The molecule has 0 aliphatic carbocycles. The Morgan fingerprint density at radius 1 is 1.09 bits per heavy atom. The Morgan fingerprint density at radius 3 is 2.39 bits per heavy atom. The summed E-state index contributed by atoms with van der Waals surface area (Å²) in [6.45, 7) is 0. The Balaban J connectivity index is 1.97. The number of aromatic nitrogens is 2. The van der Waals surface area contributed by atoms with E-state index in [0.29, 0.717) is 17.5 Å². The number of benzene rings is 1. The third-order valence-corrected chi connectivity index (χ3v) is 3.59. The van der Waals surface area contributed by atoms with Gasteiger partial charge >= 0.3 is 6.18 Å². The minimum Gasteiger partial charge on any atom is -0.363 e. The summed E-state index contributed by atoms with van der Waals surface area (Å²) in [6, 6.07) is 8.44. The van der Waals surface area contributed by atoms with Gasteiger partial charge in [-0.1, -0.05) is 18.2 Å². The number of nitrogens with zero attached hydrogens (tertiary/aromatic N) is 2. The zero-order chi connectivity index (χ0) is 16.6. The molecule has 4 nitrogen and oxygen atoms in total. The lowest BCUT2D eigenvalue weighted by molar-refractivity contribution is -0.137. The van der Waals surface area contributed by atoms with Crippen molar-refractivity contribution in [2.24, 2.45) is 0 Å². The van der Waals surface area contributed by atoms with Crippen molar-refractivity contribution in [3.63, 3.8) is 0 Å². The molecule has 1 aromatic carbocycles. The normalized spacial score (nSPS) is 12.3. The lowest BCUT2D eigenvalue weighted by atomic mass is 10.0. The molecule has 3 rings (SSSR count). The van der Waals surface area contributed by atoms with E-state index in [0.717, 1.165) is 17.7 Å². The van der Waals surface area contributed by atoms with Crippen molar-refractivity contribution >= 4 is 5.52 Å². The second-order valence-electron chi connectivity index (χ2n) is 5.16. The molecule has 0 fully saturated rings. The van der Waals surface area contributed by atoms with E-state index >= 15 is 0 Å². The zero-order valence-corrected chi connectivity index (χ0v) is 11.8. The number of imidazole rings is 1. The molecule has 0 aliphatic rings. The van der Waals surface area contributed by atoms with Gasteiger partial charge in [0.15, 0.2) is 6.29 Å². The molecule has 23 heavy (non-hydrogen) atoms. The molecule has 0 radical (unpaired) electrons. The summed E-state index contributed by atoms with van der Waals surface area (Å²) in [4.78, 5) is 3.96. The van der Waals surface area contributed by atoms with Crippen molar-refractivity contribution in [3.05, 3.63) is 71.3 Å². The molecule has 3 aromatic rings. The fourth-order valence-electron chi connectivity index (χ4n) is 2.51. The first-order valence-electron chi connectivity index (χ1n) is 6.83. The van der Waals surface area contributed by atoms with E-state index < -0.39 is 18.0 Å². The number of hydrogen-bond donors (Lipinski definition) is 2. The minimum absolute atomic E-state index is 0.118. The van der Waals surface area contributed by atoms with Gasteiger partial charge in [0.25, 0.3) is 0 Å². The van der Waals surface area contributed by atoms with Gasteiger partial charge in [-0.05, 0) is 35.7 Å². The maximum Gasteiger partial charge on any atom is 0.416 e. The smallest absolute Gasteiger partial charge is 0.363 e. The second kappa shape index (κ2) is 5.68. The molecule has 2 heterocycles. The number of aliphatic hydroxyl groups is 2. The number of fused-ring (bicyclic) bond motifs is 1. The largest absolute Gasteiger partial charge is 0.416 e. The van der Waals surface area contributed by atoms with Crippen LogP contribution in [-0.2, 0) is 12.6 Å². The monoisotopic (exact) mass is 322 g/mol. The summed E-state index contributed by atoms with van der Waals surface area (Å²) in [7, 11) is 0. The summed E-state index contributed by atoms with van der Waals surface area (Å²) in [5, 5.41) is 18.8. The Morgan fingerprint density at radius 2 is 1.78 bits per heavy atom. The molecule has 7 heteroatoms. The van der Waals surface area contributed by atoms with Crippen molar-refractivity contribution in [3.8, 4) is 0 Å². The van der Waals surface area contributed by atoms with Crippen molar-refractivity contribution in [2.45, 2.75) is 18.9 Å². The maximum absolute atomic E-state index is 12.6. The molecule has 2 N–H and O–H groups in total. The molecular weight excluding hydrogens is 309 g/mol. The van der Waals surface area contributed by atoms with Crippen LogP contribution in [0.15, 0.2) is 48.9 Å². The molecule has 0 unspecified atom stereocenters. The first kappa shape index (κ1) is 15.5. The predicted molar refractivity (Wildman–Crippen MR) is 76.6 cm³/mol. The number of pyridine rings is 1. The van der Waals surface area contributed by atoms with Gasteiger partial charge in [0.2, 0.25) is 0 Å². The van der Waals surface area contributed by atoms with Gasteiger partial charge in [0, 0.05) is 6.20 Å². The highest BCUT2D eigenvalue weighted by Crippen LogP contribution is 2.30. The van der Waals surface area contributed by atoms with Gasteiger partial charge in [0.1, 0.15) is 5.69 Å². The topological polar surface area (TPSA) is 57.8 Å². The number of halogens is 3. The summed E-state index contributed by atoms with van der Waals surface area (Å²) in [6.07, 6.45) is -2.55. The van der Waals surface area contributed by atoms with Crippen LogP contribution >= 0.6 is 0 Å². The maximum atomic E-state index is 12.6. The highest BCUT2D eigenvalue weighted by molar-refractivity contribution is 5.60. The summed E-state index contributed by atoms with van der Waals surface area (Å²) >= 11 is 0. The van der Waals surface area contributed by atoms with E-state index in [1.807, 2.05) is 0 Å². The second-order valence-corrected chi connectivity index (χ2v) is 5.16. The Labute approximate surface area is 129 Å². The average molecular weight is 322 g/mol. The Hall–Kier alpha value is -2.38. The van der Waals surface area contributed by atoms with Crippen molar-refractivity contribution in [2.75, 3.05) is 0 Å². The van der Waals surface area contributed by atoms with E-state index in [2.05, 4.69) is 4.98 Å². The number of rotatable bonds is 3. The van der Waals surface area contributed by atoms with Gasteiger partial charge in [-0.15, -0.1) is 0 Å². The molecule has 2 aromatic heterocycles. The third kappa shape index (κ3) is 3.06. The molecule has 0 saturated heterocycles. The quantitative estimate of drug-likeness (QED) is 0.729. The highest BCUT2D eigenvalue weighted by Gasteiger charge is 2.29. The van der Waals surface area contributed by atoms with Gasteiger partial charge in [-0.2, -0.15) is 13.2 Å². The van der Waals surface area contributed by atoms with Crippen molar-refractivity contribution in [1.82, 2.24) is 9.38 Å². The lowest BCUT2D eigenvalue weighted by Gasteiger charge is -2.10. The van der Waals surface area contributed by atoms with E-state index in [-0.39, 0.29) is 5.69 Å². The summed E-state index contributed by atoms with van der Waals surface area (Å²) in [5.41, 5.74) is 1.39. The summed E-state index contributed by atoms with van der Waals surface area (Å²) < 4.78 is 39.4. The van der Waals surface area contributed by atoms with Crippen LogP contribution in [0.3, 0.4) is 0 Å². The van der Waals surface area contributed by atoms with Gasteiger partial charge in [0.05, 0.1) is 17.4 Å². The van der Waals surface area contributed by atoms with Crippen molar-refractivity contribution < 1.29 is 23.4 Å². The number of hydrogen-bond acceptors (Lipinski definition) is 3. The average Bonchev–Trinajstić information content (AvgIpc) is 2.92.